The lowest BCUT2D eigenvalue weighted by atomic mass is 9.97. The van der Waals surface area contributed by atoms with Gasteiger partial charge < -0.3 is 22.1 Å². The van der Waals surface area contributed by atoms with Gasteiger partial charge in [0.15, 0.2) is 30.8 Å². The SMILES string of the molecule is CC(C)(O[SiH3])C(O[SiH3])(O[Si](C)(C)[Si](C)(C)C)C(O[Si](C)(C)C)O[Si](C)(C)C. The standard InChI is InChI=1S/C16H46O5Si6/c1-15(2,19-22)16(20-23,21-27(12,13)26(9,10)11)14(17-24(3,4)5)18-25(6,7)8/h14H,1-13,22-23H3. The summed E-state index contributed by atoms with van der Waals surface area (Å²) in [6, 6.07) is 0. The quantitative estimate of drug-likeness (QED) is 0.332. The van der Waals surface area contributed by atoms with Crippen molar-refractivity contribution in [2.45, 2.75) is 104 Å². The van der Waals surface area contributed by atoms with Gasteiger partial charge in [-0.3, -0.25) is 0 Å². The average molecular weight is 487 g/mol. The average Bonchev–Trinajstić information content (AvgIpc) is 2.39. The van der Waals surface area contributed by atoms with Crippen LogP contribution in [-0.2, 0) is 22.1 Å². The summed E-state index contributed by atoms with van der Waals surface area (Å²) >= 11 is 0. The highest BCUT2D eigenvalue weighted by molar-refractivity contribution is 7.37. The van der Waals surface area contributed by atoms with Gasteiger partial charge in [0.2, 0.25) is 5.79 Å². The molecule has 0 rings (SSSR count). The Morgan fingerprint density at radius 3 is 1.26 bits per heavy atom. The zero-order valence-corrected chi connectivity index (χ0v) is 28.6. The maximum atomic E-state index is 7.05. The van der Waals surface area contributed by atoms with Gasteiger partial charge in [0.05, 0.1) is 7.59 Å². The van der Waals surface area contributed by atoms with Gasteiger partial charge in [0, 0.05) is 0 Å². The molecule has 27 heavy (non-hydrogen) atoms. The van der Waals surface area contributed by atoms with E-state index in [4.69, 9.17) is 22.1 Å². The minimum absolute atomic E-state index is 0.511. The van der Waals surface area contributed by atoms with Crippen molar-refractivity contribution in [2.75, 3.05) is 0 Å². The molecular weight excluding hydrogens is 441 g/mol. The van der Waals surface area contributed by atoms with Crippen molar-refractivity contribution in [3.8, 4) is 0 Å². The van der Waals surface area contributed by atoms with Crippen LogP contribution in [0.4, 0.5) is 0 Å². The van der Waals surface area contributed by atoms with Gasteiger partial charge in [-0.2, -0.15) is 0 Å². The van der Waals surface area contributed by atoms with Crippen molar-refractivity contribution in [2.24, 2.45) is 0 Å². The van der Waals surface area contributed by atoms with E-state index in [2.05, 4.69) is 85.9 Å². The summed E-state index contributed by atoms with van der Waals surface area (Å²) < 4.78 is 32.7. The molecule has 0 aliphatic heterocycles. The molecule has 1 unspecified atom stereocenters. The number of rotatable bonds is 11. The molecule has 0 N–H and O–H groups in total. The molecule has 0 aromatic heterocycles. The lowest BCUT2D eigenvalue weighted by molar-refractivity contribution is -0.307. The van der Waals surface area contributed by atoms with Gasteiger partial charge >= 0.3 is 0 Å². The second-order valence-corrected chi connectivity index (χ2v) is 36.8. The first-order chi connectivity index (χ1) is 11.6. The van der Waals surface area contributed by atoms with E-state index in [1.165, 1.54) is 0 Å². The maximum absolute atomic E-state index is 7.05. The Hall–Kier alpha value is 1.10. The smallest absolute Gasteiger partial charge is 0.227 e. The topological polar surface area (TPSA) is 46.2 Å². The fourth-order valence-corrected chi connectivity index (χ4v) is 8.20. The van der Waals surface area contributed by atoms with Crippen molar-refractivity contribution in [1.82, 2.24) is 0 Å². The first-order valence-corrected chi connectivity index (χ1v) is 25.7. The van der Waals surface area contributed by atoms with Crippen LogP contribution in [0.15, 0.2) is 0 Å². The summed E-state index contributed by atoms with van der Waals surface area (Å²) in [7, 11) is -6.35. The first-order valence-electron chi connectivity index (χ1n) is 9.80. The Morgan fingerprint density at radius 2 is 1.04 bits per heavy atom. The predicted molar refractivity (Wildman–Crippen MR) is 133 cm³/mol. The fourth-order valence-electron chi connectivity index (χ4n) is 2.33. The summed E-state index contributed by atoms with van der Waals surface area (Å²) in [5.74, 6) is -1.04. The van der Waals surface area contributed by atoms with Crippen molar-refractivity contribution >= 4 is 53.0 Å². The van der Waals surface area contributed by atoms with Gasteiger partial charge in [-0.1, -0.05) is 19.6 Å². The molecule has 0 saturated carbocycles. The third kappa shape index (κ3) is 7.70. The van der Waals surface area contributed by atoms with E-state index >= 15 is 0 Å². The Balaban J connectivity index is 6.56. The van der Waals surface area contributed by atoms with E-state index in [-0.39, 0.29) is 0 Å². The third-order valence-electron chi connectivity index (χ3n) is 5.10. The van der Waals surface area contributed by atoms with Crippen molar-refractivity contribution in [1.29, 1.82) is 0 Å². The van der Waals surface area contributed by atoms with Crippen LogP contribution in [0, 0.1) is 0 Å². The summed E-state index contributed by atoms with van der Waals surface area (Å²) in [4.78, 5) is 0. The van der Waals surface area contributed by atoms with Crippen LogP contribution in [0.5, 0.6) is 0 Å². The summed E-state index contributed by atoms with van der Waals surface area (Å²) in [6.07, 6.45) is -0.583. The first kappa shape index (κ1) is 28.1. The molecule has 0 aliphatic carbocycles. The van der Waals surface area contributed by atoms with Crippen LogP contribution in [0.3, 0.4) is 0 Å². The predicted octanol–water partition coefficient (Wildman–Crippen LogP) is 2.72. The summed E-state index contributed by atoms with van der Waals surface area (Å²) in [5.41, 5.74) is -0.658. The van der Waals surface area contributed by atoms with Crippen LogP contribution in [0.2, 0.25) is 72.0 Å². The van der Waals surface area contributed by atoms with Crippen LogP contribution < -0.4 is 0 Å². The molecule has 11 heteroatoms. The Kier molecular flexibility index (Phi) is 9.45. The zero-order valence-electron chi connectivity index (χ0n) is 20.6. The maximum Gasteiger partial charge on any atom is 0.227 e. The lowest BCUT2D eigenvalue weighted by Crippen LogP contribution is -2.72. The molecule has 0 aromatic rings. The molecule has 1 atom stereocenters. The van der Waals surface area contributed by atoms with E-state index < -0.39 is 49.7 Å². The summed E-state index contributed by atoms with van der Waals surface area (Å²) in [5, 5.41) is 0. The van der Waals surface area contributed by atoms with Crippen LogP contribution in [-0.4, -0.2) is 70.7 Å². The molecular formula is C16H46O5Si6. The van der Waals surface area contributed by atoms with Gasteiger partial charge in [-0.05, 0) is 66.2 Å². The van der Waals surface area contributed by atoms with Crippen molar-refractivity contribution < 1.29 is 22.1 Å². The molecule has 0 radical (unpaired) electrons. The molecule has 0 saturated heterocycles. The Labute approximate surface area is 178 Å². The molecule has 0 amide bonds. The number of hydrogen-bond donors (Lipinski definition) is 0. The van der Waals surface area contributed by atoms with Crippen LogP contribution in [0.25, 0.3) is 0 Å². The van der Waals surface area contributed by atoms with Gasteiger partial charge in [-0.15, -0.1) is 0 Å². The monoisotopic (exact) mass is 486 g/mol. The molecule has 0 aliphatic rings. The normalized spacial score (nSPS) is 17.6. The van der Waals surface area contributed by atoms with Crippen LogP contribution in [0.1, 0.15) is 13.8 Å². The van der Waals surface area contributed by atoms with Crippen molar-refractivity contribution in [3.63, 3.8) is 0 Å². The third-order valence-corrected chi connectivity index (χ3v) is 24.1. The Morgan fingerprint density at radius 1 is 0.667 bits per heavy atom. The molecule has 0 fully saturated rings. The van der Waals surface area contributed by atoms with E-state index in [0.29, 0.717) is 21.0 Å². The zero-order chi connectivity index (χ0) is 22.1. The summed E-state index contributed by atoms with van der Waals surface area (Å²) in [6.45, 7) is 28.9. The second-order valence-electron chi connectivity index (χ2n) is 11.2. The van der Waals surface area contributed by atoms with Crippen LogP contribution >= 0.6 is 0 Å². The molecule has 0 spiro atoms. The van der Waals surface area contributed by atoms with Gasteiger partial charge in [0.25, 0.3) is 0 Å². The van der Waals surface area contributed by atoms with E-state index in [1.54, 1.807) is 0 Å². The van der Waals surface area contributed by atoms with Gasteiger partial charge in [0.1, 0.15) is 26.6 Å². The van der Waals surface area contributed by atoms with E-state index in [1.807, 2.05) is 0 Å². The number of hydrogen-bond acceptors (Lipinski definition) is 5. The molecule has 0 bridgehead atoms. The molecule has 0 heterocycles. The second kappa shape index (κ2) is 9.08. The molecule has 164 valence electrons. The molecule has 5 nitrogen and oxygen atoms in total. The highest BCUT2D eigenvalue weighted by Crippen LogP contribution is 2.41. The Bertz CT molecular complexity index is 465. The fraction of sp³-hybridized carbons (Fsp3) is 1.00. The largest absolute Gasteiger partial charge is 0.417 e. The highest BCUT2D eigenvalue weighted by Gasteiger charge is 2.60. The molecule has 0 aromatic carbocycles. The minimum Gasteiger partial charge on any atom is -0.417 e. The van der Waals surface area contributed by atoms with Gasteiger partial charge in [-0.25, -0.2) is 0 Å². The van der Waals surface area contributed by atoms with E-state index in [9.17, 15) is 0 Å². The lowest BCUT2D eigenvalue weighted by Gasteiger charge is -2.55. The highest BCUT2D eigenvalue weighted by atomic mass is 29.3. The minimum atomic E-state index is -2.06. The van der Waals surface area contributed by atoms with E-state index in [0.717, 1.165) is 0 Å². The van der Waals surface area contributed by atoms with Crippen molar-refractivity contribution in [3.05, 3.63) is 0 Å².